The number of phosphoric acid groups is 1. The van der Waals surface area contributed by atoms with Crippen molar-refractivity contribution in [2.24, 2.45) is 0 Å². The molecule has 0 fully saturated rings. The van der Waals surface area contributed by atoms with Crippen LogP contribution in [-0.4, -0.2) is 68.5 Å². The van der Waals surface area contributed by atoms with Crippen LogP contribution in [0.15, 0.2) is 72.9 Å². The molecule has 0 rings (SSSR count). The van der Waals surface area contributed by atoms with Gasteiger partial charge in [0.1, 0.15) is 13.2 Å². The number of quaternary nitrogens is 1. The number of amides is 1. The first-order chi connectivity index (χ1) is 41.0. The molecule has 0 aromatic rings. The molecule has 0 aromatic heterocycles. The molecule has 3 unspecified atom stereocenters. The highest BCUT2D eigenvalue weighted by molar-refractivity contribution is 7.45. The van der Waals surface area contributed by atoms with E-state index >= 15 is 0 Å². The molecule has 0 bridgehead atoms. The van der Waals surface area contributed by atoms with Gasteiger partial charge < -0.3 is 28.8 Å². The smallest absolute Gasteiger partial charge is 0.268 e. The van der Waals surface area contributed by atoms with E-state index in [4.69, 9.17) is 9.05 Å². The summed E-state index contributed by atoms with van der Waals surface area (Å²) < 4.78 is 23.5. The summed E-state index contributed by atoms with van der Waals surface area (Å²) in [4.78, 5) is 25.6. The summed E-state index contributed by atoms with van der Waals surface area (Å²) in [6.45, 7) is 4.56. The molecule has 0 aliphatic rings. The number of hydrogen-bond acceptors (Lipinski definition) is 6. The SMILES string of the molecule is CC/C=C\C/C=C\C/C=C\C/C=C\CCCCCCCCCCCCCCCCCCCCCCC(=O)NC(COP(=O)([O-])OCC[N+](C)(C)C)C(O)/C=C/CC/C=C/CCCCCCCCCCCCCCCCCCCCCCCCC. The molecule has 0 heterocycles. The number of rotatable bonds is 67. The van der Waals surface area contributed by atoms with Gasteiger partial charge in [0.2, 0.25) is 5.91 Å². The van der Waals surface area contributed by atoms with Crippen molar-refractivity contribution in [2.45, 2.75) is 360 Å². The van der Waals surface area contributed by atoms with Crippen LogP contribution in [0.3, 0.4) is 0 Å². The maximum Gasteiger partial charge on any atom is 0.268 e. The molecule has 0 spiro atoms. The fourth-order valence-electron chi connectivity index (χ4n) is 10.8. The standard InChI is InChI=1S/C75H141N2O6P/c1-6-8-10-12-14-16-18-20-22-24-26-28-30-32-34-36-37-38-39-41-43-45-47-49-51-53-55-57-59-61-63-65-67-69-75(79)76-73(72-83-84(80,81)82-71-70-77(3,4)5)74(78)68-66-64-62-60-58-56-54-52-50-48-46-44-42-40-35-33-31-29-27-25-23-21-19-17-15-13-11-9-7-2/h8,10,14,16,20,22,26,28,58,60,66,68,73-74,78H,6-7,9,11-13,15,17-19,21,23-25,27,29-57,59,61-65,67,69-72H2,1-5H3,(H-,76,79,80,81)/b10-8-,16-14-,22-20-,28-26-,60-58+,68-66+. The molecule has 2 N–H and O–H groups in total. The Morgan fingerprint density at radius 2 is 0.738 bits per heavy atom. The number of hydrogen-bond donors (Lipinski definition) is 2. The Kier molecular flexibility index (Phi) is 63.8. The summed E-state index contributed by atoms with van der Waals surface area (Å²) in [5.41, 5.74) is 0. The number of allylic oxidation sites excluding steroid dienone is 11. The van der Waals surface area contributed by atoms with Crippen molar-refractivity contribution in [1.82, 2.24) is 5.32 Å². The molecule has 0 aliphatic heterocycles. The third-order valence-electron chi connectivity index (χ3n) is 16.4. The van der Waals surface area contributed by atoms with Gasteiger partial charge in [-0.25, -0.2) is 0 Å². The minimum atomic E-state index is -4.61. The summed E-state index contributed by atoms with van der Waals surface area (Å²) in [5, 5.41) is 14.0. The van der Waals surface area contributed by atoms with Gasteiger partial charge in [-0.15, -0.1) is 0 Å². The fourth-order valence-corrected chi connectivity index (χ4v) is 11.5. The zero-order chi connectivity index (χ0) is 61.2. The van der Waals surface area contributed by atoms with Gasteiger partial charge in [0, 0.05) is 6.42 Å². The van der Waals surface area contributed by atoms with Crippen molar-refractivity contribution >= 4 is 13.7 Å². The number of carbonyl (C=O) groups is 1. The molecule has 3 atom stereocenters. The number of carbonyl (C=O) groups excluding carboxylic acids is 1. The number of unbranched alkanes of at least 4 members (excludes halogenated alkanes) is 44. The van der Waals surface area contributed by atoms with Crippen LogP contribution in [0.1, 0.15) is 348 Å². The first kappa shape index (κ1) is 81.9. The highest BCUT2D eigenvalue weighted by Gasteiger charge is 2.23. The Bertz CT molecular complexity index is 1600. The lowest BCUT2D eigenvalue weighted by atomic mass is 10.0. The van der Waals surface area contributed by atoms with E-state index < -0.39 is 26.6 Å². The van der Waals surface area contributed by atoms with Gasteiger partial charge in [0.25, 0.3) is 7.82 Å². The van der Waals surface area contributed by atoms with E-state index in [9.17, 15) is 19.4 Å². The van der Waals surface area contributed by atoms with Crippen molar-refractivity contribution in [3.63, 3.8) is 0 Å². The van der Waals surface area contributed by atoms with Gasteiger partial charge in [0.05, 0.1) is 39.9 Å². The predicted molar refractivity (Wildman–Crippen MR) is 367 cm³/mol. The number of nitrogens with zero attached hydrogens (tertiary/aromatic N) is 1. The Labute approximate surface area is 523 Å². The largest absolute Gasteiger partial charge is 0.756 e. The minimum Gasteiger partial charge on any atom is -0.756 e. The summed E-state index contributed by atoms with van der Waals surface area (Å²) in [6.07, 6.45) is 91.9. The molecular weight excluding hydrogens is 1060 g/mol. The highest BCUT2D eigenvalue weighted by Crippen LogP contribution is 2.38. The Morgan fingerprint density at radius 1 is 0.429 bits per heavy atom. The van der Waals surface area contributed by atoms with Crippen molar-refractivity contribution in [3.05, 3.63) is 72.9 Å². The first-order valence-corrected chi connectivity index (χ1v) is 37.8. The summed E-state index contributed by atoms with van der Waals surface area (Å²) >= 11 is 0. The van der Waals surface area contributed by atoms with E-state index in [1.165, 1.54) is 263 Å². The second-order valence-corrected chi connectivity index (χ2v) is 27.3. The first-order valence-electron chi connectivity index (χ1n) is 36.3. The summed E-state index contributed by atoms with van der Waals surface area (Å²) in [7, 11) is 1.25. The summed E-state index contributed by atoms with van der Waals surface area (Å²) in [6, 6.07) is -0.907. The van der Waals surface area contributed by atoms with E-state index in [0.29, 0.717) is 17.4 Å². The summed E-state index contributed by atoms with van der Waals surface area (Å²) in [5.74, 6) is -0.202. The van der Waals surface area contributed by atoms with Crippen LogP contribution in [-0.2, 0) is 18.4 Å². The predicted octanol–water partition coefficient (Wildman–Crippen LogP) is 22.7. The maximum absolute atomic E-state index is 13.0. The number of likely N-dealkylation sites (N-methyl/N-ethyl adjacent to an activating group) is 1. The average Bonchev–Trinajstić information content (AvgIpc) is 3.56. The van der Waals surface area contributed by atoms with Crippen LogP contribution in [0.5, 0.6) is 0 Å². The molecule has 84 heavy (non-hydrogen) atoms. The van der Waals surface area contributed by atoms with Crippen molar-refractivity contribution in [1.29, 1.82) is 0 Å². The van der Waals surface area contributed by atoms with Crippen LogP contribution < -0.4 is 10.2 Å². The molecule has 0 saturated carbocycles. The Hall–Kier alpha value is -2.06. The average molecular weight is 1200 g/mol. The van der Waals surface area contributed by atoms with Gasteiger partial charge in [-0.2, -0.15) is 0 Å². The van der Waals surface area contributed by atoms with Gasteiger partial charge in [0.15, 0.2) is 0 Å². The number of phosphoric ester groups is 1. The third kappa shape index (κ3) is 67.4. The molecular formula is C75H141N2O6P. The van der Waals surface area contributed by atoms with E-state index in [1.807, 2.05) is 27.2 Å². The molecule has 9 heteroatoms. The zero-order valence-corrected chi connectivity index (χ0v) is 57.3. The number of aliphatic hydroxyl groups excluding tert-OH is 1. The topological polar surface area (TPSA) is 108 Å². The monoisotopic (exact) mass is 1200 g/mol. The van der Waals surface area contributed by atoms with Crippen molar-refractivity contribution in [3.8, 4) is 0 Å². The normalized spacial score (nSPS) is 14.0. The van der Waals surface area contributed by atoms with Gasteiger partial charge in [-0.1, -0.05) is 344 Å². The molecule has 0 aromatic carbocycles. The Balaban J connectivity index is 4.06. The zero-order valence-electron chi connectivity index (χ0n) is 56.4. The third-order valence-corrected chi connectivity index (χ3v) is 17.4. The lowest BCUT2D eigenvalue weighted by Gasteiger charge is -2.29. The molecule has 0 radical (unpaired) electrons. The minimum absolute atomic E-state index is 0.00649. The lowest BCUT2D eigenvalue weighted by Crippen LogP contribution is -2.45. The molecule has 0 saturated heterocycles. The van der Waals surface area contributed by atoms with Crippen LogP contribution >= 0.6 is 7.82 Å². The van der Waals surface area contributed by atoms with E-state index in [-0.39, 0.29) is 12.5 Å². The highest BCUT2D eigenvalue weighted by atomic mass is 31.2. The molecule has 8 nitrogen and oxygen atoms in total. The lowest BCUT2D eigenvalue weighted by molar-refractivity contribution is -0.870. The van der Waals surface area contributed by atoms with E-state index in [2.05, 4.69) is 79.9 Å². The van der Waals surface area contributed by atoms with E-state index in [1.54, 1.807) is 6.08 Å². The quantitative estimate of drug-likeness (QED) is 0.0272. The van der Waals surface area contributed by atoms with Gasteiger partial charge in [-0.05, 0) is 70.6 Å². The fraction of sp³-hybridized carbons (Fsp3) is 0.827. The van der Waals surface area contributed by atoms with Crippen molar-refractivity contribution < 1.29 is 32.9 Å². The Morgan fingerprint density at radius 3 is 1.11 bits per heavy atom. The van der Waals surface area contributed by atoms with Crippen LogP contribution in [0.4, 0.5) is 0 Å². The number of aliphatic hydroxyl groups is 1. The van der Waals surface area contributed by atoms with Crippen LogP contribution in [0.25, 0.3) is 0 Å². The van der Waals surface area contributed by atoms with Crippen molar-refractivity contribution in [2.75, 3.05) is 40.9 Å². The molecule has 1 amide bonds. The number of nitrogens with one attached hydrogen (secondary N) is 1. The maximum atomic E-state index is 13.0. The second-order valence-electron chi connectivity index (χ2n) is 25.9. The second kappa shape index (κ2) is 65.4. The molecule has 492 valence electrons. The molecule has 0 aliphatic carbocycles. The van der Waals surface area contributed by atoms with Gasteiger partial charge >= 0.3 is 0 Å². The van der Waals surface area contributed by atoms with Crippen LogP contribution in [0.2, 0.25) is 0 Å². The van der Waals surface area contributed by atoms with E-state index in [0.717, 1.165) is 64.2 Å². The van der Waals surface area contributed by atoms with Crippen LogP contribution in [0, 0.1) is 0 Å². The van der Waals surface area contributed by atoms with Gasteiger partial charge in [-0.3, -0.25) is 9.36 Å².